The van der Waals surface area contributed by atoms with Crippen LogP contribution in [0.25, 0.3) is 0 Å². The number of carbonyl (C=O) groups excluding carboxylic acids is 2. The molecule has 0 spiro atoms. The number of nitrogens with one attached hydrogen (secondary N) is 2. The van der Waals surface area contributed by atoms with Gasteiger partial charge >= 0.3 is 5.97 Å². The van der Waals surface area contributed by atoms with Crippen molar-refractivity contribution in [3.05, 3.63) is 0 Å². The van der Waals surface area contributed by atoms with E-state index in [-0.39, 0.29) is 5.92 Å². The van der Waals surface area contributed by atoms with Gasteiger partial charge in [-0.25, -0.2) is 4.79 Å². The number of carbonyl (C=O) groups is 3. The second-order valence-corrected chi connectivity index (χ2v) is 5.84. The van der Waals surface area contributed by atoms with Crippen LogP contribution in [0.3, 0.4) is 0 Å². The Morgan fingerprint density at radius 3 is 2.13 bits per heavy atom. The lowest BCUT2D eigenvalue weighted by Crippen LogP contribution is -2.56. The van der Waals surface area contributed by atoms with Crippen LogP contribution in [-0.2, 0) is 14.4 Å². The first kappa shape index (κ1) is 21.3. The van der Waals surface area contributed by atoms with E-state index in [1.54, 1.807) is 0 Å². The summed E-state index contributed by atoms with van der Waals surface area (Å²) in [5, 5.41) is 14.3. The van der Waals surface area contributed by atoms with Gasteiger partial charge in [-0.2, -0.15) is 0 Å². The third kappa shape index (κ3) is 7.94. The van der Waals surface area contributed by atoms with Crippen molar-refractivity contribution in [3.8, 4) is 0 Å². The van der Waals surface area contributed by atoms with E-state index in [0.29, 0.717) is 32.2 Å². The Hall–Kier alpha value is -1.67. The molecule has 0 aromatic heterocycles. The van der Waals surface area contributed by atoms with Crippen molar-refractivity contribution in [1.29, 1.82) is 0 Å². The van der Waals surface area contributed by atoms with Gasteiger partial charge in [0.1, 0.15) is 12.1 Å². The summed E-state index contributed by atoms with van der Waals surface area (Å²) in [7, 11) is 0. The standard InChI is InChI=1S/C15H30N4O4/c1-4-9(2)12(19-13(20)10(3)17)14(21)18-11(15(22)23)7-5-6-8-16/h9-12H,4-8,16-17H2,1-3H3,(H,18,21)(H,19,20)(H,22,23)/t9-,10-,11-,12-/m0/s1. The molecule has 8 heteroatoms. The topological polar surface area (TPSA) is 148 Å². The smallest absolute Gasteiger partial charge is 0.326 e. The van der Waals surface area contributed by atoms with Gasteiger partial charge in [0.05, 0.1) is 6.04 Å². The van der Waals surface area contributed by atoms with Crippen molar-refractivity contribution < 1.29 is 19.5 Å². The minimum absolute atomic E-state index is 0.142. The van der Waals surface area contributed by atoms with Gasteiger partial charge in [-0.1, -0.05) is 20.3 Å². The number of rotatable bonds is 11. The number of carboxylic acids is 1. The summed E-state index contributed by atoms with van der Waals surface area (Å²) in [6.45, 7) is 5.70. The van der Waals surface area contributed by atoms with Crippen LogP contribution in [0, 0.1) is 5.92 Å². The quantitative estimate of drug-likeness (QED) is 0.324. The van der Waals surface area contributed by atoms with E-state index >= 15 is 0 Å². The third-order valence-electron chi connectivity index (χ3n) is 3.77. The minimum Gasteiger partial charge on any atom is -0.480 e. The predicted octanol–water partition coefficient (Wildman–Crippen LogP) is -0.437. The normalized spacial score (nSPS) is 16.0. The second-order valence-electron chi connectivity index (χ2n) is 5.84. The van der Waals surface area contributed by atoms with E-state index in [1.807, 2.05) is 13.8 Å². The van der Waals surface area contributed by atoms with Gasteiger partial charge in [0.25, 0.3) is 0 Å². The van der Waals surface area contributed by atoms with E-state index in [9.17, 15) is 19.5 Å². The number of hydrogen-bond acceptors (Lipinski definition) is 5. The van der Waals surface area contributed by atoms with Crippen molar-refractivity contribution in [2.45, 2.75) is 64.6 Å². The highest BCUT2D eigenvalue weighted by molar-refractivity contribution is 5.91. The number of hydrogen-bond donors (Lipinski definition) is 5. The summed E-state index contributed by atoms with van der Waals surface area (Å²) in [5.74, 6) is -2.19. The molecule has 7 N–H and O–H groups in total. The summed E-state index contributed by atoms with van der Waals surface area (Å²) in [5.41, 5.74) is 10.9. The Balaban J connectivity index is 4.90. The molecule has 4 atom stereocenters. The highest BCUT2D eigenvalue weighted by atomic mass is 16.4. The van der Waals surface area contributed by atoms with Gasteiger partial charge in [-0.3, -0.25) is 9.59 Å². The number of aliphatic carboxylic acids is 1. The Bertz CT molecular complexity index is 401. The summed E-state index contributed by atoms with van der Waals surface area (Å²) in [6.07, 6.45) is 2.25. The molecule has 0 heterocycles. The Kier molecular flexibility index (Phi) is 10.2. The fraction of sp³-hybridized carbons (Fsp3) is 0.800. The average Bonchev–Trinajstić information content (AvgIpc) is 2.50. The molecule has 134 valence electrons. The lowest BCUT2D eigenvalue weighted by atomic mass is 9.97. The maximum Gasteiger partial charge on any atom is 0.326 e. The number of unbranched alkanes of at least 4 members (excludes halogenated alkanes) is 1. The Morgan fingerprint density at radius 2 is 1.70 bits per heavy atom. The number of carboxylic acid groups (broad SMARTS) is 1. The molecule has 0 bridgehead atoms. The molecule has 0 aliphatic heterocycles. The van der Waals surface area contributed by atoms with Crippen LogP contribution in [0.15, 0.2) is 0 Å². The first-order chi connectivity index (χ1) is 10.7. The fourth-order valence-corrected chi connectivity index (χ4v) is 2.00. The molecule has 2 amide bonds. The van der Waals surface area contributed by atoms with Gasteiger partial charge in [-0.15, -0.1) is 0 Å². The van der Waals surface area contributed by atoms with Crippen molar-refractivity contribution in [3.63, 3.8) is 0 Å². The van der Waals surface area contributed by atoms with Crippen molar-refractivity contribution in [2.24, 2.45) is 17.4 Å². The zero-order valence-corrected chi connectivity index (χ0v) is 14.2. The lowest BCUT2D eigenvalue weighted by Gasteiger charge is -2.26. The maximum absolute atomic E-state index is 12.4. The van der Waals surface area contributed by atoms with Crippen LogP contribution in [0.4, 0.5) is 0 Å². The molecular formula is C15H30N4O4. The molecule has 0 aromatic carbocycles. The molecule has 0 saturated heterocycles. The SMILES string of the molecule is CC[C@H](C)[C@H](NC(=O)[C@H](C)N)C(=O)N[C@@H](CCCCN)C(=O)O. The molecule has 0 saturated carbocycles. The number of amides is 2. The van der Waals surface area contributed by atoms with Gasteiger partial charge in [-0.05, 0) is 38.6 Å². The van der Waals surface area contributed by atoms with E-state index in [0.717, 1.165) is 0 Å². The largest absolute Gasteiger partial charge is 0.480 e. The minimum atomic E-state index is -1.10. The average molecular weight is 330 g/mol. The van der Waals surface area contributed by atoms with Crippen LogP contribution < -0.4 is 22.1 Å². The zero-order valence-electron chi connectivity index (χ0n) is 14.2. The van der Waals surface area contributed by atoms with Crippen LogP contribution >= 0.6 is 0 Å². The fourth-order valence-electron chi connectivity index (χ4n) is 2.00. The van der Waals surface area contributed by atoms with E-state index in [2.05, 4.69) is 10.6 Å². The van der Waals surface area contributed by atoms with E-state index in [4.69, 9.17) is 11.5 Å². The van der Waals surface area contributed by atoms with Gasteiger partial charge in [0, 0.05) is 0 Å². The molecular weight excluding hydrogens is 300 g/mol. The van der Waals surface area contributed by atoms with E-state index in [1.165, 1.54) is 6.92 Å². The van der Waals surface area contributed by atoms with Crippen molar-refractivity contribution >= 4 is 17.8 Å². The maximum atomic E-state index is 12.4. The molecule has 8 nitrogen and oxygen atoms in total. The third-order valence-corrected chi connectivity index (χ3v) is 3.77. The molecule has 0 radical (unpaired) electrons. The zero-order chi connectivity index (χ0) is 18.0. The van der Waals surface area contributed by atoms with E-state index < -0.39 is 35.9 Å². The number of nitrogens with two attached hydrogens (primary N) is 2. The summed E-state index contributed by atoms with van der Waals surface area (Å²) >= 11 is 0. The predicted molar refractivity (Wildman–Crippen MR) is 87.5 cm³/mol. The molecule has 0 rings (SSSR count). The summed E-state index contributed by atoms with van der Waals surface area (Å²) in [6, 6.07) is -2.54. The van der Waals surface area contributed by atoms with Gasteiger partial charge in [0.2, 0.25) is 11.8 Å². The molecule has 0 aliphatic carbocycles. The molecule has 23 heavy (non-hydrogen) atoms. The second kappa shape index (κ2) is 11.0. The van der Waals surface area contributed by atoms with Gasteiger partial charge in [0.15, 0.2) is 0 Å². The highest BCUT2D eigenvalue weighted by Crippen LogP contribution is 2.10. The molecule has 0 aromatic rings. The van der Waals surface area contributed by atoms with Crippen LogP contribution in [0.1, 0.15) is 46.5 Å². The Morgan fingerprint density at radius 1 is 1.09 bits per heavy atom. The van der Waals surface area contributed by atoms with Crippen LogP contribution in [0.2, 0.25) is 0 Å². The summed E-state index contributed by atoms with van der Waals surface area (Å²) < 4.78 is 0. The summed E-state index contributed by atoms with van der Waals surface area (Å²) in [4.78, 5) is 35.4. The van der Waals surface area contributed by atoms with Crippen LogP contribution in [0.5, 0.6) is 0 Å². The lowest BCUT2D eigenvalue weighted by molar-refractivity contribution is -0.142. The Labute approximate surface area is 137 Å². The molecule has 0 fully saturated rings. The first-order valence-corrected chi connectivity index (χ1v) is 8.03. The monoisotopic (exact) mass is 330 g/mol. The molecule has 0 unspecified atom stereocenters. The van der Waals surface area contributed by atoms with Gasteiger partial charge < -0.3 is 27.2 Å². The first-order valence-electron chi connectivity index (χ1n) is 8.03. The van der Waals surface area contributed by atoms with Crippen molar-refractivity contribution in [2.75, 3.05) is 6.54 Å². The van der Waals surface area contributed by atoms with Crippen molar-refractivity contribution in [1.82, 2.24) is 10.6 Å². The molecule has 0 aliphatic rings. The van der Waals surface area contributed by atoms with Crippen LogP contribution in [-0.4, -0.2) is 47.6 Å². The highest BCUT2D eigenvalue weighted by Gasteiger charge is 2.30.